The van der Waals surface area contributed by atoms with Gasteiger partial charge in [-0.05, 0) is 54.2 Å². The molecule has 3 atom stereocenters. The molecule has 1 aliphatic carbocycles. The number of H-pyrrole nitrogens is 1. The third-order valence-corrected chi connectivity index (χ3v) is 6.93. The summed E-state index contributed by atoms with van der Waals surface area (Å²) < 4.78 is 0. The number of anilines is 1. The van der Waals surface area contributed by atoms with Gasteiger partial charge < -0.3 is 21.1 Å². The molecule has 1 fully saturated rings. The number of aromatic amines is 1. The molecule has 0 spiro atoms. The van der Waals surface area contributed by atoms with E-state index in [2.05, 4.69) is 10.3 Å². The van der Waals surface area contributed by atoms with Crippen LogP contribution in [0.5, 0.6) is 0 Å². The van der Waals surface area contributed by atoms with Crippen molar-refractivity contribution in [3.05, 3.63) is 102 Å². The second kappa shape index (κ2) is 11.5. The van der Waals surface area contributed by atoms with Gasteiger partial charge in [0.2, 0.25) is 5.91 Å². The smallest absolute Gasteiger partial charge is 0.408 e. The van der Waals surface area contributed by atoms with Crippen molar-refractivity contribution in [1.82, 2.24) is 9.88 Å². The number of nitrogens with one attached hydrogen (secondary N) is 2. The minimum Gasteiger partial charge on any atom is -0.465 e. The highest BCUT2D eigenvalue weighted by Gasteiger charge is 2.35. The third-order valence-electron chi connectivity index (χ3n) is 6.93. The van der Waals surface area contributed by atoms with E-state index in [1.165, 1.54) is 4.90 Å². The van der Waals surface area contributed by atoms with Crippen LogP contribution in [0.15, 0.2) is 85.1 Å². The number of hydrogen-bond donors (Lipinski definition) is 4. The zero-order valence-corrected chi connectivity index (χ0v) is 21.2. The van der Waals surface area contributed by atoms with Crippen molar-refractivity contribution in [2.24, 2.45) is 5.73 Å². The van der Waals surface area contributed by atoms with Crippen LogP contribution in [-0.2, 0) is 17.8 Å². The number of carbonyl (C=O) groups excluding carboxylic acids is 1. The first-order chi connectivity index (χ1) is 17.5. The number of aromatic nitrogens is 1. The average molecular weight is 519 g/mol. The highest BCUT2D eigenvalue weighted by atomic mass is 35.5. The van der Waals surface area contributed by atoms with E-state index < -0.39 is 12.1 Å². The zero-order chi connectivity index (χ0) is 25.1. The molecule has 37 heavy (non-hydrogen) atoms. The maximum Gasteiger partial charge on any atom is 0.408 e. The second-order valence-corrected chi connectivity index (χ2v) is 9.43. The normalized spacial score (nSPS) is 17.0. The summed E-state index contributed by atoms with van der Waals surface area (Å²) in [6.07, 6.45) is 2.69. The second-order valence-electron chi connectivity index (χ2n) is 9.43. The Kier molecular flexibility index (Phi) is 8.16. The molecular weight excluding hydrogens is 488 g/mol. The van der Waals surface area contributed by atoms with E-state index in [0.717, 1.165) is 34.0 Å². The van der Waals surface area contributed by atoms with E-state index in [4.69, 9.17) is 5.73 Å². The SMILES string of the molecule is Cl.N[C@@H]1C[C@H]1c1ccc(NC(=O)C(CCc2c[nH]c3ccccc23)N(Cc2ccccc2)C(=O)O)cc1. The van der Waals surface area contributed by atoms with E-state index in [1.54, 1.807) is 0 Å². The number of rotatable bonds is 9. The molecule has 5 N–H and O–H groups in total. The van der Waals surface area contributed by atoms with Gasteiger partial charge in [-0.15, -0.1) is 12.4 Å². The van der Waals surface area contributed by atoms with Crippen LogP contribution in [0, 0.1) is 0 Å². The number of nitrogens with two attached hydrogens (primary N) is 1. The molecule has 1 unspecified atom stereocenters. The van der Waals surface area contributed by atoms with Gasteiger partial charge in [-0.2, -0.15) is 0 Å². The molecule has 4 aromatic rings. The number of fused-ring (bicyclic) bond motifs is 1. The first-order valence-electron chi connectivity index (χ1n) is 12.2. The van der Waals surface area contributed by atoms with Gasteiger partial charge in [-0.3, -0.25) is 9.69 Å². The molecule has 3 aromatic carbocycles. The van der Waals surface area contributed by atoms with Crippen LogP contribution in [0.4, 0.5) is 10.5 Å². The molecule has 8 heteroatoms. The number of nitrogens with zero attached hydrogens (tertiary/aromatic N) is 1. The van der Waals surface area contributed by atoms with E-state index in [1.807, 2.05) is 85.1 Å². The van der Waals surface area contributed by atoms with Crippen LogP contribution >= 0.6 is 12.4 Å². The lowest BCUT2D eigenvalue weighted by Gasteiger charge is -2.29. The van der Waals surface area contributed by atoms with Gasteiger partial charge in [0.1, 0.15) is 6.04 Å². The predicted octanol–water partition coefficient (Wildman–Crippen LogP) is 5.52. The Labute approximate surface area is 222 Å². The molecule has 1 aliphatic rings. The molecule has 0 saturated heterocycles. The number of para-hydroxylation sites is 1. The molecule has 5 rings (SSSR count). The summed E-state index contributed by atoms with van der Waals surface area (Å²) in [5, 5.41) is 14.1. The van der Waals surface area contributed by atoms with Crippen molar-refractivity contribution in [3.8, 4) is 0 Å². The van der Waals surface area contributed by atoms with Crippen molar-refractivity contribution >= 4 is 41.0 Å². The largest absolute Gasteiger partial charge is 0.465 e. The number of amides is 2. The van der Waals surface area contributed by atoms with Crippen molar-refractivity contribution in [1.29, 1.82) is 0 Å². The molecule has 1 saturated carbocycles. The highest BCUT2D eigenvalue weighted by Crippen LogP contribution is 2.39. The van der Waals surface area contributed by atoms with Crippen molar-refractivity contribution in [2.45, 2.75) is 43.8 Å². The van der Waals surface area contributed by atoms with E-state index in [0.29, 0.717) is 24.4 Å². The zero-order valence-electron chi connectivity index (χ0n) is 20.3. The molecule has 0 bridgehead atoms. The number of carbonyl (C=O) groups is 2. The highest BCUT2D eigenvalue weighted by molar-refractivity contribution is 5.96. The number of halogens is 1. The maximum absolute atomic E-state index is 13.5. The van der Waals surface area contributed by atoms with Crippen LogP contribution in [0.25, 0.3) is 10.9 Å². The summed E-state index contributed by atoms with van der Waals surface area (Å²) in [7, 11) is 0. The van der Waals surface area contributed by atoms with Crippen LogP contribution in [0.1, 0.15) is 35.4 Å². The minimum absolute atomic E-state index is 0. The standard InChI is InChI=1S/C29H30N4O3.ClH/c30-25-16-24(25)20-10-13-22(14-11-20)32-28(34)27(33(29(35)36)18-19-6-2-1-3-7-19)15-12-21-17-31-26-9-5-4-8-23(21)26;/h1-11,13-14,17,24-25,27,31H,12,15-16,18,30H2,(H,32,34)(H,35,36);1H/t24-,25+,27?;/m0./s1. The number of carboxylic acid groups (broad SMARTS) is 1. The van der Waals surface area contributed by atoms with E-state index >= 15 is 0 Å². The number of benzene rings is 3. The van der Waals surface area contributed by atoms with E-state index in [-0.39, 0.29) is 30.9 Å². The van der Waals surface area contributed by atoms with Crippen molar-refractivity contribution in [3.63, 3.8) is 0 Å². The van der Waals surface area contributed by atoms with Crippen LogP contribution in [0.2, 0.25) is 0 Å². The fourth-order valence-corrected chi connectivity index (χ4v) is 4.79. The van der Waals surface area contributed by atoms with Crippen molar-refractivity contribution in [2.75, 3.05) is 5.32 Å². The fourth-order valence-electron chi connectivity index (χ4n) is 4.79. The lowest BCUT2D eigenvalue weighted by atomic mass is 10.0. The molecular formula is C29H31ClN4O3. The van der Waals surface area contributed by atoms with E-state index in [9.17, 15) is 14.7 Å². The topological polar surface area (TPSA) is 111 Å². The Bertz CT molecular complexity index is 1360. The van der Waals surface area contributed by atoms with Gasteiger partial charge in [0.15, 0.2) is 0 Å². The quantitative estimate of drug-likeness (QED) is 0.233. The monoisotopic (exact) mass is 518 g/mol. The number of hydrogen-bond acceptors (Lipinski definition) is 3. The Balaban J connectivity index is 0.00000320. The summed E-state index contributed by atoms with van der Waals surface area (Å²) in [4.78, 5) is 30.4. The Morgan fingerprint density at radius 1 is 1.03 bits per heavy atom. The summed E-state index contributed by atoms with van der Waals surface area (Å²) in [6, 6.07) is 24.3. The third kappa shape index (κ3) is 6.13. The lowest BCUT2D eigenvalue weighted by molar-refractivity contribution is -0.121. The van der Waals surface area contributed by atoms with Gasteiger partial charge in [0.25, 0.3) is 0 Å². The molecule has 1 heterocycles. The molecule has 0 aliphatic heterocycles. The first-order valence-corrected chi connectivity index (χ1v) is 12.2. The summed E-state index contributed by atoms with van der Waals surface area (Å²) in [5.41, 5.74) is 10.7. The minimum atomic E-state index is -1.13. The van der Waals surface area contributed by atoms with Gasteiger partial charge in [0.05, 0.1) is 0 Å². The maximum atomic E-state index is 13.5. The molecule has 1 aromatic heterocycles. The Morgan fingerprint density at radius 3 is 2.38 bits per heavy atom. The lowest BCUT2D eigenvalue weighted by Crippen LogP contribution is -2.46. The van der Waals surface area contributed by atoms with Crippen LogP contribution in [0.3, 0.4) is 0 Å². The molecule has 2 amide bonds. The molecule has 7 nitrogen and oxygen atoms in total. The van der Waals surface area contributed by atoms with Crippen LogP contribution in [-0.4, -0.2) is 39.1 Å². The summed E-state index contributed by atoms with van der Waals surface area (Å²) >= 11 is 0. The van der Waals surface area contributed by atoms with Gasteiger partial charge in [-0.1, -0.05) is 60.7 Å². The van der Waals surface area contributed by atoms with Gasteiger partial charge >= 0.3 is 6.09 Å². The van der Waals surface area contributed by atoms with Gasteiger partial charge in [-0.25, -0.2) is 4.79 Å². The predicted molar refractivity (Wildman–Crippen MR) is 148 cm³/mol. The summed E-state index contributed by atoms with van der Waals surface area (Å²) in [6.45, 7) is 0.126. The Morgan fingerprint density at radius 2 is 1.70 bits per heavy atom. The first kappa shape index (κ1) is 26.3. The molecule has 192 valence electrons. The van der Waals surface area contributed by atoms with Crippen molar-refractivity contribution < 1.29 is 14.7 Å². The average Bonchev–Trinajstić information content (AvgIpc) is 3.48. The number of aryl methyl sites for hydroxylation is 1. The van der Waals surface area contributed by atoms with Crippen LogP contribution < -0.4 is 11.1 Å². The van der Waals surface area contributed by atoms with Gasteiger partial charge in [0, 0.05) is 41.3 Å². The fraction of sp³-hybridized carbons (Fsp3) is 0.241. The Hall–Kier alpha value is -3.81. The molecule has 0 radical (unpaired) electrons. The summed E-state index contributed by atoms with van der Waals surface area (Å²) in [5.74, 6) is 0.0380.